The van der Waals surface area contributed by atoms with Gasteiger partial charge in [0.05, 0.1) is 19.2 Å². The number of carbonyl (C=O) groups excluding carboxylic acids is 1. The summed E-state index contributed by atoms with van der Waals surface area (Å²) in [6.45, 7) is 5.89. The van der Waals surface area contributed by atoms with Crippen LogP contribution in [0.4, 0.5) is 0 Å². The summed E-state index contributed by atoms with van der Waals surface area (Å²) >= 11 is 0. The van der Waals surface area contributed by atoms with Crippen LogP contribution in [0.1, 0.15) is 20.8 Å². The van der Waals surface area contributed by atoms with Crippen LogP contribution in [0.3, 0.4) is 0 Å². The van der Waals surface area contributed by atoms with Gasteiger partial charge in [-0.05, 0) is 23.8 Å². The largest absolute Gasteiger partial charge is 0.469 e. The summed E-state index contributed by atoms with van der Waals surface area (Å²) in [5.74, 6) is -0.0810. The van der Waals surface area contributed by atoms with Gasteiger partial charge < -0.3 is 9.94 Å². The number of hydrogen-bond donors (Lipinski definition) is 1. The van der Waals surface area contributed by atoms with Gasteiger partial charge in [-0.3, -0.25) is 4.79 Å². The van der Waals surface area contributed by atoms with Gasteiger partial charge in [0.2, 0.25) is 0 Å². The summed E-state index contributed by atoms with van der Waals surface area (Å²) < 4.78 is 4.73. The van der Waals surface area contributed by atoms with Gasteiger partial charge in [0.1, 0.15) is 0 Å². The van der Waals surface area contributed by atoms with Crippen molar-refractivity contribution in [3.8, 4) is 0 Å². The highest BCUT2D eigenvalue weighted by Crippen LogP contribution is 2.59. The molecule has 1 aliphatic carbocycles. The minimum Gasteiger partial charge on any atom is -0.469 e. The molecule has 0 heterocycles. The molecular weight excluding hydrogens is 194 g/mol. The summed E-state index contributed by atoms with van der Waals surface area (Å²) in [4.78, 5) is 11.4. The monoisotopic (exact) mass is 211 g/mol. The van der Waals surface area contributed by atoms with E-state index in [1.165, 1.54) is 13.3 Å². The highest BCUT2D eigenvalue weighted by atomic mass is 16.5. The number of carbonyl (C=O) groups is 1. The van der Waals surface area contributed by atoms with E-state index in [0.29, 0.717) is 0 Å². The predicted molar refractivity (Wildman–Crippen MR) is 56.8 cm³/mol. The van der Waals surface area contributed by atoms with Crippen LogP contribution in [0.5, 0.6) is 0 Å². The fourth-order valence-corrected chi connectivity index (χ4v) is 1.98. The van der Waals surface area contributed by atoms with Crippen LogP contribution in [0.2, 0.25) is 0 Å². The molecule has 4 heteroatoms. The zero-order valence-corrected chi connectivity index (χ0v) is 9.52. The van der Waals surface area contributed by atoms with E-state index in [9.17, 15) is 4.79 Å². The summed E-state index contributed by atoms with van der Waals surface area (Å²) in [6.07, 6.45) is 3.31. The summed E-state index contributed by atoms with van der Waals surface area (Å²) in [6, 6.07) is 0. The lowest BCUT2D eigenvalue weighted by Crippen LogP contribution is -2.07. The topological polar surface area (TPSA) is 58.9 Å². The van der Waals surface area contributed by atoms with Crippen molar-refractivity contribution in [2.24, 2.45) is 22.4 Å². The Bertz CT molecular complexity index is 318. The maximum absolute atomic E-state index is 11.4. The molecule has 1 saturated carbocycles. The SMILES string of the molecule is COC(=O)[C@H]1[C@H](/C=C(C)/C=N/O)C1(C)C. The molecule has 0 saturated heterocycles. The first-order chi connectivity index (χ1) is 6.95. The van der Waals surface area contributed by atoms with Gasteiger partial charge in [0.25, 0.3) is 0 Å². The van der Waals surface area contributed by atoms with Crippen molar-refractivity contribution in [1.29, 1.82) is 0 Å². The average Bonchev–Trinajstić information content (AvgIpc) is 2.67. The van der Waals surface area contributed by atoms with Crippen LogP contribution in [0.25, 0.3) is 0 Å². The molecule has 1 N–H and O–H groups in total. The third-order valence-electron chi connectivity index (χ3n) is 3.07. The van der Waals surface area contributed by atoms with Crippen LogP contribution in [0, 0.1) is 17.3 Å². The lowest BCUT2D eigenvalue weighted by molar-refractivity contribution is -0.143. The molecule has 0 aliphatic heterocycles. The average molecular weight is 211 g/mol. The van der Waals surface area contributed by atoms with Gasteiger partial charge in [0.15, 0.2) is 0 Å². The maximum Gasteiger partial charge on any atom is 0.309 e. The first-order valence-electron chi connectivity index (χ1n) is 4.88. The van der Waals surface area contributed by atoms with Gasteiger partial charge in [0, 0.05) is 0 Å². The van der Waals surface area contributed by atoms with Gasteiger partial charge in [-0.2, -0.15) is 0 Å². The lowest BCUT2D eigenvalue weighted by atomic mass is 10.1. The van der Waals surface area contributed by atoms with Crippen molar-refractivity contribution in [2.75, 3.05) is 7.11 Å². The molecule has 2 atom stereocenters. The number of allylic oxidation sites excluding steroid dienone is 2. The van der Waals surface area contributed by atoms with Crippen molar-refractivity contribution in [3.05, 3.63) is 11.6 Å². The Morgan fingerprint density at radius 3 is 2.60 bits per heavy atom. The summed E-state index contributed by atoms with van der Waals surface area (Å²) in [5, 5.41) is 11.3. The van der Waals surface area contributed by atoms with E-state index < -0.39 is 0 Å². The van der Waals surface area contributed by atoms with Gasteiger partial charge in [-0.1, -0.05) is 25.1 Å². The zero-order chi connectivity index (χ0) is 11.6. The van der Waals surface area contributed by atoms with Crippen LogP contribution in [-0.4, -0.2) is 24.5 Å². The molecule has 0 spiro atoms. The number of nitrogens with zero attached hydrogens (tertiary/aromatic N) is 1. The quantitative estimate of drug-likeness (QED) is 0.335. The van der Waals surface area contributed by atoms with Crippen LogP contribution >= 0.6 is 0 Å². The third kappa shape index (κ3) is 2.19. The fraction of sp³-hybridized carbons (Fsp3) is 0.636. The second kappa shape index (κ2) is 4.04. The molecule has 0 amide bonds. The molecule has 84 valence electrons. The first-order valence-corrected chi connectivity index (χ1v) is 4.88. The van der Waals surface area contributed by atoms with E-state index in [-0.39, 0.29) is 23.2 Å². The predicted octanol–water partition coefficient (Wildman–Crippen LogP) is 1.84. The van der Waals surface area contributed by atoms with Crippen molar-refractivity contribution >= 4 is 12.2 Å². The molecule has 4 nitrogen and oxygen atoms in total. The Kier molecular flexibility index (Phi) is 3.17. The van der Waals surface area contributed by atoms with E-state index in [4.69, 9.17) is 9.94 Å². The highest BCUT2D eigenvalue weighted by Gasteiger charge is 2.61. The van der Waals surface area contributed by atoms with E-state index in [2.05, 4.69) is 5.16 Å². The fourth-order valence-electron chi connectivity index (χ4n) is 1.98. The smallest absolute Gasteiger partial charge is 0.309 e. The molecule has 0 aromatic rings. The van der Waals surface area contributed by atoms with E-state index in [1.807, 2.05) is 26.8 Å². The number of hydrogen-bond acceptors (Lipinski definition) is 4. The van der Waals surface area contributed by atoms with Crippen molar-refractivity contribution in [2.45, 2.75) is 20.8 Å². The number of methoxy groups -OCH3 is 1. The van der Waals surface area contributed by atoms with Crippen molar-refractivity contribution in [1.82, 2.24) is 0 Å². The van der Waals surface area contributed by atoms with E-state index in [1.54, 1.807) is 0 Å². The van der Waals surface area contributed by atoms with Gasteiger partial charge in [-0.15, -0.1) is 0 Å². The van der Waals surface area contributed by atoms with Crippen LogP contribution < -0.4 is 0 Å². The molecule has 1 fully saturated rings. The molecule has 0 bridgehead atoms. The van der Waals surface area contributed by atoms with E-state index in [0.717, 1.165) is 5.57 Å². The Morgan fingerprint density at radius 2 is 2.13 bits per heavy atom. The van der Waals surface area contributed by atoms with Gasteiger partial charge >= 0.3 is 5.97 Å². The van der Waals surface area contributed by atoms with E-state index >= 15 is 0 Å². The normalized spacial score (nSPS) is 29.2. The molecule has 1 aliphatic rings. The second-order valence-corrected chi connectivity index (χ2v) is 4.50. The molecule has 15 heavy (non-hydrogen) atoms. The second-order valence-electron chi connectivity index (χ2n) is 4.50. The standard InChI is InChI=1S/C11H17NO3/c1-7(6-12-14)5-8-9(10(13)15-4)11(8,2)3/h5-6,8-9,14H,1-4H3/b7-5+,12-6+/t8-,9+/m0/s1. The zero-order valence-electron chi connectivity index (χ0n) is 9.52. The molecular formula is C11H17NO3. The number of rotatable bonds is 3. The minimum atomic E-state index is -0.171. The van der Waals surface area contributed by atoms with Crippen LogP contribution in [0.15, 0.2) is 16.8 Å². The minimum absolute atomic E-state index is 0.0579. The highest BCUT2D eigenvalue weighted by molar-refractivity contribution is 5.80. The molecule has 0 unspecified atom stereocenters. The third-order valence-corrected chi connectivity index (χ3v) is 3.07. The summed E-state index contributed by atoms with van der Waals surface area (Å²) in [7, 11) is 1.40. The molecule has 0 radical (unpaired) electrons. The first kappa shape index (κ1) is 11.8. The maximum atomic E-state index is 11.4. The number of oxime groups is 1. The molecule has 1 rings (SSSR count). The molecule has 0 aromatic carbocycles. The number of ether oxygens (including phenoxy) is 1. The van der Waals surface area contributed by atoms with Crippen molar-refractivity contribution in [3.63, 3.8) is 0 Å². The Labute approximate surface area is 89.6 Å². The summed E-state index contributed by atoms with van der Waals surface area (Å²) in [5.41, 5.74) is 0.791. The van der Waals surface area contributed by atoms with Crippen molar-refractivity contribution < 1.29 is 14.7 Å². The van der Waals surface area contributed by atoms with Gasteiger partial charge in [-0.25, -0.2) is 0 Å². The lowest BCUT2D eigenvalue weighted by Gasteiger charge is -1.99. The Balaban J connectivity index is 2.75. The number of esters is 1. The molecule has 0 aromatic heterocycles. The Morgan fingerprint density at radius 1 is 1.53 bits per heavy atom. The Hall–Kier alpha value is -1.32. The van der Waals surface area contributed by atoms with Crippen LogP contribution in [-0.2, 0) is 9.53 Å².